The minimum atomic E-state index is -0.439. The fourth-order valence-electron chi connectivity index (χ4n) is 1.11. The topological polar surface area (TPSA) is 32.3 Å². The predicted molar refractivity (Wildman–Crippen MR) is 49.8 cm³/mol. The maximum Gasteiger partial charge on any atom is 0.127 e. The summed E-state index contributed by atoms with van der Waals surface area (Å²) in [5.41, 5.74) is 0.308. The van der Waals surface area contributed by atoms with Crippen molar-refractivity contribution in [3.8, 4) is 0 Å². The highest BCUT2D eigenvalue weighted by Crippen LogP contribution is 2.08. The molecule has 0 saturated heterocycles. The Kier molecular flexibility index (Phi) is 4.49. The molecule has 0 aromatic heterocycles. The Balaban J connectivity index is 2.45. The first-order valence-electron chi connectivity index (χ1n) is 4.49. The second-order valence-electron chi connectivity index (χ2n) is 2.99. The molecule has 0 aliphatic rings. The van der Waals surface area contributed by atoms with Crippen LogP contribution in [0.4, 0.5) is 8.78 Å². The van der Waals surface area contributed by atoms with E-state index in [0.717, 1.165) is 12.1 Å². The summed E-state index contributed by atoms with van der Waals surface area (Å²) in [5.74, 6) is -0.853. The second-order valence-corrected chi connectivity index (χ2v) is 2.99. The van der Waals surface area contributed by atoms with Crippen LogP contribution in [0.15, 0.2) is 18.2 Å². The van der Waals surface area contributed by atoms with E-state index in [4.69, 9.17) is 5.11 Å². The van der Waals surface area contributed by atoms with Gasteiger partial charge in [0.25, 0.3) is 0 Å². The number of benzene rings is 1. The molecule has 1 aromatic carbocycles. The van der Waals surface area contributed by atoms with Crippen molar-refractivity contribution in [3.63, 3.8) is 0 Å². The van der Waals surface area contributed by atoms with Gasteiger partial charge < -0.3 is 10.4 Å². The van der Waals surface area contributed by atoms with Crippen LogP contribution in [-0.4, -0.2) is 18.3 Å². The summed E-state index contributed by atoms with van der Waals surface area (Å²) in [4.78, 5) is 0. The van der Waals surface area contributed by atoms with Crippen LogP contribution in [0.3, 0.4) is 0 Å². The van der Waals surface area contributed by atoms with E-state index < -0.39 is 11.6 Å². The van der Waals surface area contributed by atoms with Gasteiger partial charge in [-0.3, -0.25) is 0 Å². The average Bonchev–Trinajstić information content (AvgIpc) is 2.18. The second kappa shape index (κ2) is 5.67. The van der Waals surface area contributed by atoms with E-state index in [0.29, 0.717) is 18.5 Å². The smallest absolute Gasteiger partial charge is 0.127 e. The fraction of sp³-hybridized carbons (Fsp3) is 0.400. The minimum Gasteiger partial charge on any atom is -0.396 e. The van der Waals surface area contributed by atoms with E-state index in [-0.39, 0.29) is 13.2 Å². The van der Waals surface area contributed by atoms with Crippen molar-refractivity contribution in [3.05, 3.63) is 35.4 Å². The zero-order chi connectivity index (χ0) is 10.4. The number of aliphatic hydroxyl groups is 1. The molecule has 2 N–H and O–H groups in total. The van der Waals surface area contributed by atoms with Crippen LogP contribution >= 0.6 is 0 Å². The molecule has 0 amide bonds. The van der Waals surface area contributed by atoms with Crippen molar-refractivity contribution in [2.75, 3.05) is 13.2 Å². The molecule has 0 radical (unpaired) electrons. The Morgan fingerprint density at radius 2 is 2.07 bits per heavy atom. The van der Waals surface area contributed by atoms with Crippen molar-refractivity contribution >= 4 is 0 Å². The highest BCUT2D eigenvalue weighted by Gasteiger charge is 2.02. The van der Waals surface area contributed by atoms with Crippen molar-refractivity contribution in [1.82, 2.24) is 5.32 Å². The average molecular weight is 201 g/mol. The molecule has 0 saturated carbocycles. The van der Waals surface area contributed by atoms with Crippen molar-refractivity contribution < 1.29 is 13.9 Å². The summed E-state index contributed by atoms with van der Waals surface area (Å²) in [6.45, 7) is 0.967. The SMILES string of the molecule is OCCCNCc1cc(F)ccc1F. The molecule has 0 unspecified atom stereocenters. The summed E-state index contributed by atoms with van der Waals surface area (Å²) >= 11 is 0. The van der Waals surface area contributed by atoms with E-state index in [2.05, 4.69) is 5.32 Å². The highest BCUT2D eigenvalue weighted by molar-refractivity contribution is 5.18. The molecule has 4 heteroatoms. The maximum absolute atomic E-state index is 13.0. The van der Waals surface area contributed by atoms with Crippen LogP contribution < -0.4 is 5.32 Å². The van der Waals surface area contributed by atoms with Gasteiger partial charge in [-0.25, -0.2) is 8.78 Å². The van der Waals surface area contributed by atoms with Gasteiger partial charge in [0.05, 0.1) is 0 Å². The third kappa shape index (κ3) is 3.40. The van der Waals surface area contributed by atoms with Gasteiger partial charge in [0.15, 0.2) is 0 Å². The molecule has 1 aromatic rings. The van der Waals surface area contributed by atoms with E-state index in [9.17, 15) is 8.78 Å². The van der Waals surface area contributed by atoms with Crippen LogP contribution in [0.2, 0.25) is 0 Å². The molecule has 2 nitrogen and oxygen atoms in total. The third-order valence-electron chi connectivity index (χ3n) is 1.83. The molecular weight excluding hydrogens is 188 g/mol. The first kappa shape index (κ1) is 11.1. The number of aliphatic hydroxyl groups excluding tert-OH is 1. The van der Waals surface area contributed by atoms with Gasteiger partial charge in [-0.1, -0.05) is 0 Å². The summed E-state index contributed by atoms with van der Waals surface area (Å²) in [6.07, 6.45) is 0.608. The number of nitrogens with one attached hydrogen (secondary N) is 1. The van der Waals surface area contributed by atoms with Crippen LogP contribution in [0.25, 0.3) is 0 Å². The van der Waals surface area contributed by atoms with E-state index >= 15 is 0 Å². The van der Waals surface area contributed by atoms with Crippen LogP contribution in [0, 0.1) is 11.6 Å². The van der Waals surface area contributed by atoms with Gasteiger partial charge >= 0.3 is 0 Å². The zero-order valence-electron chi connectivity index (χ0n) is 7.76. The van der Waals surface area contributed by atoms with Gasteiger partial charge in [0, 0.05) is 18.7 Å². The maximum atomic E-state index is 13.0. The zero-order valence-corrected chi connectivity index (χ0v) is 7.76. The van der Waals surface area contributed by atoms with Crippen LogP contribution in [0.5, 0.6) is 0 Å². The Morgan fingerprint density at radius 1 is 1.29 bits per heavy atom. The molecule has 0 heterocycles. The Labute approximate surface area is 81.6 Å². The minimum absolute atomic E-state index is 0.0959. The number of rotatable bonds is 5. The van der Waals surface area contributed by atoms with Crippen LogP contribution in [-0.2, 0) is 6.54 Å². The lowest BCUT2D eigenvalue weighted by Gasteiger charge is -2.04. The lowest BCUT2D eigenvalue weighted by atomic mass is 10.2. The number of hydrogen-bond acceptors (Lipinski definition) is 2. The summed E-state index contributed by atoms with van der Waals surface area (Å²) < 4.78 is 25.7. The largest absolute Gasteiger partial charge is 0.396 e. The normalized spacial score (nSPS) is 10.5. The van der Waals surface area contributed by atoms with Crippen molar-refractivity contribution in [2.45, 2.75) is 13.0 Å². The van der Waals surface area contributed by atoms with Gasteiger partial charge in [0.2, 0.25) is 0 Å². The fourth-order valence-corrected chi connectivity index (χ4v) is 1.11. The van der Waals surface area contributed by atoms with Gasteiger partial charge in [-0.05, 0) is 31.2 Å². The molecule has 0 spiro atoms. The third-order valence-corrected chi connectivity index (χ3v) is 1.83. The molecule has 1 rings (SSSR count). The summed E-state index contributed by atoms with van der Waals surface area (Å²) in [7, 11) is 0. The molecule has 78 valence electrons. The monoisotopic (exact) mass is 201 g/mol. The molecule has 0 fully saturated rings. The lowest BCUT2D eigenvalue weighted by molar-refractivity contribution is 0.286. The first-order valence-corrected chi connectivity index (χ1v) is 4.49. The number of hydrogen-bond donors (Lipinski definition) is 2. The predicted octanol–water partition coefficient (Wildman–Crippen LogP) is 1.44. The summed E-state index contributed by atoms with van der Waals surface area (Å²) in [6, 6.07) is 3.37. The number of halogens is 2. The van der Waals surface area contributed by atoms with Gasteiger partial charge in [0.1, 0.15) is 11.6 Å². The standard InChI is InChI=1S/C10H13F2NO/c11-9-2-3-10(12)8(6-9)7-13-4-1-5-14/h2-3,6,13-14H,1,4-5,7H2. The van der Waals surface area contributed by atoms with Gasteiger partial charge in [-0.2, -0.15) is 0 Å². The highest BCUT2D eigenvalue weighted by atomic mass is 19.1. The Bertz CT molecular complexity index is 291. The van der Waals surface area contributed by atoms with Gasteiger partial charge in [-0.15, -0.1) is 0 Å². The molecule has 0 aliphatic heterocycles. The van der Waals surface area contributed by atoms with Crippen molar-refractivity contribution in [2.24, 2.45) is 0 Å². The van der Waals surface area contributed by atoms with E-state index in [1.165, 1.54) is 6.07 Å². The molecule has 0 aliphatic carbocycles. The molecular formula is C10H13F2NO. The molecule has 0 atom stereocenters. The van der Waals surface area contributed by atoms with Crippen molar-refractivity contribution in [1.29, 1.82) is 0 Å². The molecule has 14 heavy (non-hydrogen) atoms. The Morgan fingerprint density at radius 3 is 2.79 bits per heavy atom. The van der Waals surface area contributed by atoms with E-state index in [1.807, 2.05) is 0 Å². The van der Waals surface area contributed by atoms with E-state index in [1.54, 1.807) is 0 Å². The Hall–Kier alpha value is -1.00. The van der Waals surface area contributed by atoms with Crippen LogP contribution in [0.1, 0.15) is 12.0 Å². The summed E-state index contributed by atoms with van der Waals surface area (Å²) in [5, 5.41) is 11.4. The molecule has 0 bridgehead atoms. The first-order chi connectivity index (χ1) is 6.74. The quantitative estimate of drug-likeness (QED) is 0.706. The lowest BCUT2D eigenvalue weighted by Crippen LogP contribution is -2.16.